The van der Waals surface area contributed by atoms with Gasteiger partial charge in [0, 0.05) is 35.9 Å². The van der Waals surface area contributed by atoms with E-state index in [9.17, 15) is 4.79 Å². The van der Waals surface area contributed by atoms with Gasteiger partial charge in [0.1, 0.15) is 0 Å². The van der Waals surface area contributed by atoms with Crippen molar-refractivity contribution < 1.29 is 4.79 Å². The summed E-state index contributed by atoms with van der Waals surface area (Å²) in [5.74, 6) is 0.876. The molecule has 32 heavy (non-hydrogen) atoms. The van der Waals surface area contributed by atoms with E-state index in [1.54, 1.807) is 23.7 Å². The lowest BCUT2D eigenvalue weighted by Crippen LogP contribution is -2.39. The summed E-state index contributed by atoms with van der Waals surface area (Å²) in [5, 5.41) is 11.5. The Morgan fingerprint density at radius 2 is 1.94 bits per heavy atom. The Kier molecular flexibility index (Phi) is 5.80. The largest absolute Gasteiger partial charge is 0.337 e. The van der Waals surface area contributed by atoms with Crippen molar-refractivity contribution in [1.29, 1.82) is 0 Å². The number of hydrogen-bond acceptors (Lipinski definition) is 6. The molecule has 4 heterocycles. The number of hydrogen-bond donors (Lipinski definition) is 0. The van der Waals surface area contributed by atoms with Crippen molar-refractivity contribution in [2.45, 2.75) is 37.2 Å². The highest BCUT2D eigenvalue weighted by atomic mass is 32.2. The van der Waals surface area contributed by atoms with Gasteiger partial charge in [-0.2, -0.15) is 0 Å². The maximum atomic E-state index is 13.3. The summed E-state index contributed by atoms with van der Waals surface area (Å²) >= 11 is 3.24. The van der Waals surface area contributed by atoms with Gasteiger partial charge in [-0.25, -0.2) is 0 Å². The molecule has 1 aliphatic heterocycles. The van der Waals surface area contributed by atoms with Gasteiger partial charge in [0.25, 0.3) is 0 Å². The van der Waals surface area contributed by atoms with Gasteiger partial charge in [0.15, 0.2) is 11.0 Å². The Morgan fingerprint density at radius 1 is 1.12 bits per heavy atom. The van der Waals surface area contributed by atoms with Gasteiger partial charge in [0.2, 0.25) is 5.91 Å². The molecule has 4 aromatic rings. The first-order chi connectivity index (χ1) is 15.6. The van der Waals surface area contributed by atoms with E-state index in [4.69, 9.17) is 0 Å². The molecule has 0 aliphatic carbocycles. The number of pyridine rings is 1. The minimum atomic E-state index is -0.271. The number of fused-ring (bicyclic) bond motifs is 1. The van der Waals surface area contributed by atoms with Crippen LogP contribution in [0.3, 0.4) is 0 Å². The number of thioether (sulfide) groups is 1. The molecular formula is C24H23N5OS2. The predicted octanol–water partition coefficient (Wildman–Crippen LogP) is 4.76. The van der Waals surface area contributed by atoms with Crippen LogP contribution in [0.1, 0.15) is 22.9 Å². The average molecular weight is 462 g/mol. The zero-order valence-electron chi connectivity index (χ0n) is 17.9. The van der Waals surface area contributed by atoms with Gasteiger partial charge >= 0.3 is 0 Å². The van der Waals surface area contributed by atoms with Crippen LogP contribution in [0.2, 0.25) is 0 Å². The Labute approximate surface area is 195 Å². The molecular weight excluding hydrogens is 438 g/mol. The van der Waals surface area contributed by atoms with E-state index < -0.39 is 0 Å². The van der Waals surface area contributed by atoms with E-state index in [1.165, 1.54) is 22.2 Å². The Morgan fingerprint density at radius 3 is 2.75 bits per heavy atom. The van der Waals surface area contributed by atoms with E-state index in [0.717, 1.165) is 35.6 Å². The molecule has 0 N–H and O–H groups in total. The first-order valence-corrected chi connectivity index (χ1v) is 12.3. The molecule has 3 aromatic heterocycles. The molecule has 162 valence electrons. The van der Waals surface area contributed by atoms with E-state index >= 15 is 0 Å². The molecule has 1 aliphatic rings. The zero-order valence-corrected chi connectivity index (χ0v) is 19.6. The molecule has 1 atom stereocenters. The molecule has 0 saturated heterocycles. The van der Waals surface area contributed by atoms with Crippen LogP contribution in [0, 0.1) is 6.92 Å². The molecule has 0 saturated carbocycles. The number of benzene rings is 1. The number of rotatable bonds is 5. The number of carbonyl (C=O) groups excluding carboxylic acids is 1. The first kappa shape index (κ1) is 20.9. The van der Waals surface area contributed by atoms with Gasteiger partial charge in [-0.05, 0) is 61.0 Å². The van der Waals surface area contributed by atoms with Crippen LogP contribution in [0.5, 0.6) is 0 Å². The summed E-state index contributed by atoms with van der Waals surface area (Å²) < 4.78 is 2.05. The fourth-order valence-electron chi connectivity index (χ4n) is 3.97. The summed E-state index contributed by atoms with van der Waals surface area (Å²) in [7, 11) is 0. The van der Waals surface area contributed by atoms with Gasteiger partial charge in [-0.15, -0.1) is 21.5 Å². The van der Waals surface area contributed by atoms with Crippen molar-refractivity contribution in [3.63, 3.8) is 0 Å². The molecule has 1 amide bonds. The molecule has 0 spiro atoms. The van der Waals surface area contributed by atoms with Crippen molar-refractivity contribution >= 4 is 29.0 Å². The van der Waals surface area contributed by atoms with E-state index in [1.807, 2.05) is 40.7 Å². The van der Waals surface area contributed by atoms with E-state index in [-0.39, 0.29) is 11.2 Å². The lowest BCUT2D eigenvalue weighted by atomic mass is 10.1. The highest BCUT2D eigenvalue weighted by Gasteiger charge is 2.28. The lowest BCUT2D eigenvalue weighted by molar-refractivity contribution is -0.131. The summed E-state index contributed by atoms with van der Waals surface area (Å²) in [4.78, 5) is 20.8. The van der Waals surface area contributed by atoms with Gasteiger partial charge < -0.3 is 4.90 Å². The molecule has 1 aromatic carbocycles. The van der Waals surface area contributed by atoms with Crippen LogP contribution in [0.25, 0.3) is 17.1 Å². The van der Waals surface area contributed by atoms with Gasteiger partial charge in [-0.1, -0.05) is 30.0 Å². The van der Waals surface area contributed by atoms with Crippen molar-refractivity contribution in [3.05, 3.63) is 76.2 Å². The summed E-state index contributed by atoms with van der Waals surface area (Å²) in [6.45, 7) is 5.49. The normalized spacial score (nSPS) is 14.2. The second kappa shape index (κ2) is 8.88. The third-order valence-electron chi connectivity index (χ3n) is 5.68. The average Bonchev–Trinajstić information content (AvgIpc) is 3.46. The van der Waals surface area contributed by atoms with Crippen molar-refractivity contribution in [2.24, 2.45) is 0 Å². The number of aryl methyl sites for hydroxylation is 1. The zero-order chi connectivity index (χ0) is 22.1. The summed E-state index contributed by atoms with van der Waals surface area (Å²) in [6.07, 6.45) is 4.43. The standard InChI is InChI=1S/C24H23N5OS2/c1-16-5-3-4-6-20(16)29-22(18-7-11-25-12-8-18)26-27-24(29)32-17(2)23(30)28-13-9-21-19(15-28)10-14-31-21/h3-8,10-12,14,17H,9,13,15H2,1-2H3. The molecule has 1 unspecified atom stereocenters. The number of nitrogens with zero attached hydrogens (tertiary/aromatic N) is 5. The van der Waals surface area contributed by atoms with Gasteiger partial charge in [0.05, 0.1) is 10.9 Å². The Hall–Kier alpha value is -2.97. The van der Waals surface area contributed by atoms with Crippen molar-refractivity contribution in [1.82, 2.24) is 24.6 Å². The quantitative estimate of drug-likeness (QED) is 0.401. The van der Waals surface area contributed by atoms with E-state index in [2.05, 4.69) is 45.7 Å². The Bertz CT molecular complexity index is 1250. The van der Waals surface area contributed by atoms with Crippen LogP contribution in [-0.4, -0.2) is 42.4 Å². The number of amides is 1. The number of para-hydroxylation sites is 1. The highest BCUT2D eigenvalue weighted by molar-refractivity contribution is 8.00. The maximum absolute atomic E-state index is 13.3. The second-order valence-electron chi connectivity index (χ2n) is 7.80. The van der Waals surface area contributed by atoms with Crippen molar-refractivity contribution in [3.8, 4) is 17.1 Å². The second-order valence-corrected chi connectivity index (χ2v) is 10.1. The molecule has 0 radical (unpaired) electrons. The molecule has 0 fully saturated rings. The van der Waals surface area contributed by atoms with Crippen LogP contribution in [0.4, 0.5) is 0 Å². The summed E-state index contributed by atoms with van der Waals surface area (Å²) in [5.41, 5.74) is 4.33. The van der Waals surface area contributed by atoms with Crippen LogP contribution < -0.4 is 0 Å². The fourth-order valence-corrected chi connectivity index (χ4v) is 5.80. The topological polar surface area (TPSA) is 63.9 Å². The number of carbonyl (C=O) groups is 1. The van der Waals surface area contributed by atoms with Crippen LogP contribution >= 0.6 is 23.1 Å². The highest BCUT2D eigenvalue weighted by Crippen LogP contribution is 2.32. The molecule has 0 bridgehead atoms. The first-order valence-electron chi connectivity index (χ1n) is 10.5. The Balaban J connectivity index is 1.45. The van der Waals surface area contributed by atoms with Crippen LogP contribution in [0.15, 0.2) is 65.4 Å². The third kappa shape index (κ3) is 3.96. The smallest absolute Gasteiger partial charge is 0.236 e. The minimum absolute atomic E-state index is 0.136. The fraction of sp³-hybridized carbons (Fsp3) is 0.250. The molecule has 6 nitrogen and oxygen atoms in total. The SMILES string of the molecule is Cc1ccccc1-n1c(SC(C)C(=O)N2CCc3sccc3C2)nnc1-c1ccncc1. The van der Waals surface area contributed by atoms with Gasteiger partial charge in [-0.3, -0.25) is 14.3 Å². The minimum Gasteiger partial charge on any atom is -0.337 e. The lowest BCUT2D eigenvalue weighted by Gasteiger charge is -2.29. The monoisotopic (exact) mass is 461 g/mol. The number of aromatic nitrogens is 4. The van der Waals surface area contributed by atoms with E-state index in [0.29, 0.717) is 11.7 Å². The predicted molar refractivity (Wildman–Crippen MR) is 128 cm³/mol. The number of thiophene rings is 1. The van der Waals surface area contributed by atoms with Crippen LogP contribution in [-0.2, 0) is 17.8 Å². The third-order valence-corrected chi connectivity index (χ3v) is 7.73. The maximum Gasteiger partial charge on any atom is 0.236 e. The van der Waals surface area contributed by atoms with Crippen molar-refractivity contribution in [2.75, 3.05) is 6.54 Å². The summed E-state index contributed by atoms with van der Waals surface area (Å²) in [6, 6.07) is 14.1. The molecule has 5 rings (SSSR count). The molecule has 8 heteroatoms.